The molecule has 2 unspecified atom stereocenters. The molecule has 2 aliphatic rings. The van der Waals surface area contributed by atoms with Crippen LogP contribution in [0.4, 0.5) is 5.69 Å². The number of anilines is 1. The van der Waals surface area contributed by atoms with Crippen molar-refractivity contribution >= 4 is 35.1 Å². The molecule has 2 heterocycles. The largest absolute Gasteiger partial charge is 0.324 e. The number of aliphatic imine (C=N–C) groups is 1. The normalized spacial score (nSPS) is 22.6. The second kappa shape index (κ2) is 5.56. The van der Waals surface area contributed by atoms with Crippen LogP contribution in [0, 0.1) is 5.92 Å². The highest BCUT2D eigenvalue weighted by Gasteiger charge is 2.42. The Hall–Kier alpha value is -2.59. The number of carbonyl (C=O) groups is 1. The van der Waals surface area contributed by atoms with Gasteiger partial charge in [0.05, 0.1) is 6.34 Å². The number of fused-ring (bicyclic) bond motifs is 1. The van der Waals surface area contributed by atoms with Gasteiger partial charge in [-0.1, -0.05) is 41.9 Å². The molecule has 4 rings (SSSR count). The molecule has 4 nitrogen and oxygen atoms in total. The van der Waals surface area contributed by atoms with E-state index in [0.717, 1.165) is 16.8 Å². The van der Waals surface area contributed by atoms with E-state index in [1.165, 1.54) is 6.34 Å². The Labute approximate surface area is 139 Å². The van der Waals surface area contributed by atoms with Crippen molar-refractivity contribution in [3.05, 3.63) is 71.4 Å². The van der Waals surface area contributed by atoms with E-state index < -0.39 is 0 Å². The Morgan fingerprint density at radius 1 is 1.04 bits per heavy atom. The average molecular weight is 324 g/mol. The zero-order valence-electron chi connectivity index (χ0n) is 12.2. The number of nitrogens with zero attached hydrogens (tertiary/aromatic N) is 2. The molecule has 0 spiro atoms. The van der Waals surface area contributed by atoms with Crippen molar-refractivity contribution in [3.63, 3.8) is 0 Å². The highest BCUT2D eigenvalue weighted by Crippen LogP contribution is 2.40. The smallest absolute Gasteiger partial charge is 0.236 e. The minimum atomic E-state index is -0.332. The molecule has 0 saturated carbocycles. The average Bonchev–Trinajstić information content (AvgIpc) is 2.97. The molecule has 1 amide bonds. The number of hydrogen-bond acceptors (Lipinski definition) is 3. The molecule has 114 valence electrons. The van der Waals surface area contributed by atoms with Crippen LogP contribution in [0.25, 0.3) is 5.57 Å². The zero-order valence-corrected chi connectivity index (χ0v) is 12.9. The second-order valence-electron chi connectivity index (χ2n) is 5.51. The van der Waals surface area contributed by atoms with Crippen molar-refractivity contribution in [3.8, 4) is 0 Å². The maximum atomic E-state index is 12.4. The lowest BCUT2D eigenvalue weighted by Gasteiger charge is -2.28. The van der Waals surface area contributed by atoms with E-state index in [9.17, 15) is 4.79 Å². The predicted octanol–water partition coefficient (Wildman–Crippen LogP) is 3.30. The summed E-state index contributed by atoms with van der Waals surface area (Å²) in [5, 5.41) is 3.39. The fourth-order valence-electron chi connectivity index (χ4n) is 3.05. The molecule has 5 heteroatoms. The van der Waals surface area contributed by atoms with Crippen LogP contribution >= 0.6 is 11.6 Å². The summed E-state index contributed by atoms with van der Waals surface area (Å²) >= 11 is 5.98. The molecule has 0 aromatic heterocycles. The van der Waals surface area contributed by atoms with E-state index in [1.54, 1.807) is 0 Å². The molecule has 0 bridgehead atoms. The third kappa shape index (κ3) is 2.41. The third-order valence-electron chi connectivity index (χ3n) is 4.14. The maximum absolute atomic E-state index is 12.4. The third-order valence-corrected chi connectivity index (χ3v) is 4.40. The Morgan fingerprint density at radius 2 is 1.78 bits per heavy atom. The molecule has 1 N–H and O–H groups in total. The van der Waals surface area contributed by atoms with Crippen molar-refractivity contribution in [2.24, 2.45) is 10.9 Å². The Bertz CT molecular complexity index is 799. The first-order valence-electron chi connectivity index (χ1n) is 7.37. The van der Waals surface area contributed by atoms with Gasteiger partial charge in [0, 0.05) is 16.9 Å². The summed E-state index contributed by atoms with van der Waals surface area (Å²) in [6.45, 7) is 0. The van der Waals surface area contributed by atoms with Gasteiger partial charge in [0.2, 0.25) is 5.91 Å². The van der Waals surface area contributed by atoms with Gasteiger partial charge in [0.15, 0.2) is 0 Å². The minimum Gasteiger partial charge on any atom is -0.324 e. The lowest BCUT2D eigenvalue weighted by Crippen LogP contribution is -2.44. The lowest BCUT2D eigenvalue weighted by atomic mass is 9.92. The van der Waals surface area contributed by atoms with Crippen LogP contribution in [-0.2, 0) is 4.79 Å². The van der Waals surface area contributed by atoms with E-state index in [1.807, 2.05) is 65.7 Å². The number of hydrogen-bond donors (Lipinski definition) is 1. The van der Waals surface area contributed by atoms with Crippen LogP contribution in [0.5, 0.6) is 0 Å². The molecule has 2 atom stereocenters. The van der Waals surface area contributed by atoms with Crippen LogP contribution in [0.15, 0.2) is 65.8 Å². The molecule has 0 saturated heterocycles. The maximum Gasteiger partial charge on any atom is 0.236 e. The summed E-state index contributed by atoms with van der Waals surface area (Å²) in [5.41, 5.74) is 2.94. The first-order valence-corrected chi connectivity index (χ1v) is 7.75. The lowest BCUT2D eigenvalue weighted by molar-refractivity contribution is -0.122. The number of amides is 1. The molecule has 2 aromatic carbocycles. The van der Waals surface area contributed by atoms with Gasteiger partial charge in [-0.25, -0.2) is 4.99 Å². The van der Waals surface area contributed by atoms with Crippen molar-refractivity contribution < 1.29 is 4.79 Å². The summed E-state index contributed by atoms with van der Waals surface area (Å²) in [7, 11) is 0. The fraction of sp³-hybridized carbons (Fsp3) is 0.111. The van der Waals surface area contributed by atoms with Crippen molar-refractivity contribution in [2.45, 2.75) is 6.17 Å². The van der Waals surface area contributed by atoms with Gasteiger partial charge >= 0.3 is 0 Å². The SMILES string of the molecule is O=C1NC=NC2C1C(c1ccc(Cl)cc1)=CN2c1ccccc1. The standard InChI is InChI=1S/C18H14ClN3O/c19-13-8-6-12(7-9-13)15-10-22(14-4-2-1-3-5-14)17-16(15)18(23)21-11-20-17/h1-11,16-17H,(H,20,21,23). The first kappa shape index (κ1) is 14.0. The zero-order chi connectivity index (χ0) is 15.8. The Kier molecular flexibility index (Phi) is 3.39. The number of nitrogens with one attached hydrogen (secondary N) is 1. The molecular formula is C18H14ClN3O. The van der Waals surface area contributed by atoms with E-state index in [2.05, 4.69) is 10.3 Å². The Morgan fingerprint density at radius 3 is 2.52 bits per heavy atom. The van der Waals surface area contributed by atoms with E-state index >= 15 is 0 Å². The highest BCUT2D eigenvalue weighted by molar-refractivity contribution is 6.30. The summed E-state index contributed by atoms with van der Waals surface area (Å²) in [6, 6.07) is 17.5. The minimum absolute atomic E-state index is 0.0374. The highest BCUT2D eigenvalue weighted by atomic mass is 35.5. The first-order chi connectivity index (χ1) is 11.2. The van der Waals surface area contributed by atoms with Gasteiger partial charge in [-0.15, -0.1) is 0 Å². The molecule has 0 aliphatic carbocycles. The van der Waals surface area contributed by atoms with Crippen LogP contribution in [0.2, 0.25) is 5.02 Å². The van der Waals surface area contributed by atoms with E-state index in [0.29, 0.717) is 5.02 Å². The Balaban J connectivity index is 1.81. The number of halogens is 1. The van der Waals surface area contributed by atoms with Crippen molar-refractivity contribution in [2.75, 3.05) is 4.90 Å². The van der Waals surface area contributed by atoms with Crippen LogP contribution in [0.1, 0.15) is 5.56 Å². The van der Waals surface area contributed by atoms with Gasteiger partial charge in [-0.3, -0.25) is 4.79 Å². The molecule has 0 radical (unpaired) electrons. The van der Waals surface area contributed by atoms with Gasteiger partial charge in [0.25, 0.3) is 0 Å². The number of rotatable bonds is 2. The van der Waals surface area contributed by atoms with Crippen LogP contribution in [0.3, 0.4) is 0 Å². The topological polar surface area (TPSA) is 44.7 Å². The van der Waals surface area contributed by atoms with Gasteiger partial charge < -0.3 is 10.2 Å². The van der Waals surface area contributed by atoms with Gasteiger partial charge in [0.1, 0.15) is 12.1 Å². The van der Waals surface area contributed by atoms with Crippen molar-refractivity contribution in [1.29, 1.82) is 0 Å². The summed E-state index contributed by atoms with van der Waals surface area (Å²) in [6.07, 6.45) is 3.24. The quantitative estimate of drug-likeness (QED) is 0.921. The summed E-state index contributed by atoms with van der Waals surface area (Å²) < 4.78 is 0. The number of para-hydroxylation sites is 1. The molecule has 2 aromatic rings. The summed E-state index contributed by atoms with van der Waals surface area (Å²) in [4.78, 5) is 18.9. The summed E-state index contributed by atoms with van der Waals surface area (Å²) in [5.74, 6) is -0.369. The second-order valence-corrected chi connectivity index (χ2v) is 5.95. The molecular weight excluding hydrogens is 310 g/mol. The predicted molar refractivity (Wildman–Crippen MR) is 92.3 cm³/mol. The van der Waals surface area contributed by atoms with Crippen LogP contribution in [-0.4, -0.2) is 18.4 Å². The number of benzene rings is 2. The number of carbonyl (C=O) groups excluding carboxylic acids is 1. The monoisotopic (exact) mass is 323 g/mol. The molecule has 0 fully saturated rings. The van der Waals surface area contributed by atoms with E-state index in [4.69, 9.17) is 11.6 Å². The van der Waals surface area contributed by atoms with Crippen LogP contribution < -0.4 is 10.2 Å². The fourth-order valence-corrected chi connectivity index (χ4v) is 3.18. The molecule has 23 heavy (non-hydrogen) atoms. The van der Waals surface area contributed by atoms with Crippen molar-refractivity contribution in [1.82, 2.24) is 5.32 Å². The van der Waals surface area contributed by atoms with E-state index in [-0.39, 0.29) is 18.0 Å². The molecule has 2 aliphatic heterocycles. The van der Waals surface area contributed by atoms with Gasteiger partial charge in [-0.2, -0.15) is 0 Å². The van der Waals surface area contributed by atoms with Gasteiger partial charge in [-0.05, 0) is 35.4 Å².